The minimum absolute atomic E-state index is 0.00988. The van der Waals surface area contributed by atoms with Crippen molar-refractivity contribution < 1.29 is 19.6 Å². The van der Waals surface area contributed by atoms with Crippen LogP contribution in [0.4, 0.5) is 5.82 Å². The van der Waals surface area contributed by atoms with Crippen LogP contribution in [0.1, 0.15) is 24.1 Å². The maximum atomic E-state index is 12.1. The van der Waals surface area contributed by atoms with Crippen molar-refractivity contribution in [1.29, 1.82) is 0 Å². The van der Waals surface area contributed by atoms with Gasteiger partial charge in [-0.25, -0.2) is 15.5 Å². The Balaban J connectivity index is 1.53. The summed E-state index contributed by atoms with van der Waals surface area (Å²) < 4.78 is 0. The first kappa shape index (κ1) is 19.5. The molecule has 0 spiro atoms. The molecular weight excluding hydrogens is 362 g/mol. The van der Waals surface area contributed by atoms with E-state index in [9.17, 15) is 9.59 Å². The van der Waals surface area contributed by atoms with Gasteiger partial charge >= 0.3 is 0 Å². The number of nitrogens with zero attached hydrogens (tertiary/aromatic N) is 3. The van der Waals surface area contributed by atoms with Crippen molar-refractivity contribution >= 4 is 23.7 Å². The number of carbonyl (C=O) groups is 2. The smallest absolute Gasteiger partial charge is 0.267 e. The molecule has 0 unspecified atom stereocenters. The van der Waals surface area contributed by atoms with E-state index < -0.39 is 5.91 Å². The molecule has 2 heterocycles. The highest BCUT2D eigenvalue weighted by Gasteiger charge is 2.26. The number of hydrogen-bond donors (Lipinski definition) is 3. The van der Waals surface area contributed by atoms with E-state index in [0.29, 0.717) is 37.5 Å². The summed E-state index contributed by atoms with van der Waals surface area (Å²) in [5.74, 6) is -0.125. The zero-order valence-corrected chi connectivity index (χ0v) is 15.1. The lowest BCUT2D eigenvalue weighted by Gasteiger charge is -2.32. The summed E-state index contributed by atoms with van der Waals surface area (Å²) in [7, 11) is 0. The van der Waals surface area contributed by atoms with E-state index in [0.717, 1.165) is 11.6 Å². The molecule has 0 bridgehead atoms. The second kappa shape index (κ2) is 9.58. The van der Waals surface area contributed by atoms with Crippen LogP contribution in [0.2, 0.25) is 0 Å². The van der Waals surface area contributed by atoms with Crippen molar-refractivity contribution in [2.24, 2.45) is 0 Å². The van der Waals surface area contributed by atoms with Gasteiger partial charge in [-0.1, -0.05) is 30.3 Å². The molecule has 1 aliphatic heterocycles. The van der Waals surface area contributed by atoms with Crippen LogP contribution in [-0.4, -0.2) is 44.6 Å². The maximum absolute atomic E-state index is 12.1. The van der Waals surface area contributed by atoms with E-state index in [-0.39, 0.29) is 11.9 Å². The van der Waals surface area contributed by atoms with Crippen LogP contribution < -0.4 is 10.8 Å². The van der Waals surface area contributed by atoms with E-state index in [4.69, 9.17) is 10.0 Å². The number of benzene rings is 1. The Morgan fingerprint density at radius 3 is 2.82 bits per heavy atom. The lowest BCUT2D eigenvalue weighted by molar-refractivity contribution is -0.197. The van der Waals surface area contributed by atoms with Crippen LogP contribution in [0, 0.1) is 0 Å². The Kier molecular flexibility index (Phi) is 6.66. The molecule has 9 nitrogen and oxygen atoms in total. The average molecular weight is 383 g/mol. The molecule has 3 N–H and O–H groups in total. The zero-order valence-electron chi connectivity index (χ0n) is 15.1. The zero-order chi connectivity index (χ0) is 19.8. The molecule has 2 amide bonds. The van der Waals surface area contributed by atoms with Crippen LogP contribution in [-0.2, 0) is 21.0 Å². The van der Waals surface area contributed by atoms with E-state index in [1.165, 1.54) is 22.8 Å². The SMILES string of the molecule is O=C(/C=C/c1cnc(N[C@@H]2CCC(=O)N(OCc3ccccc3)C2)cn1)NO. The lowest BCUT2D eigenvalue weighted by atomic mass is 10.1. The van der Waals surface area contributed by atoms with Crippen LogP contribution in [0.25, 0.3) is 6.08 Å². The maximum Gasteiger partial charge on any atom is 0.267 e. The number of carbonyl (C=O) groups excluding carboxylic acids is 2. The summed E-state index contributed by atoms with van der Waals surface area (Å²) in [4.78, 5) is 37.2. The Labute approximate surface area is 162 Å². The monoisotopic (exact) mass is 383 g/mol. The predicted octanol–water partition coefficient (Wildman–Crippen LogP) is 1.53. The number of rotatable bonds is 7. The van der Waals surface area contributed by atoms with Crippen molar-refractivity contribution in [1.82, 2.24) is 20.5 Å². The number of nitrogens with one attached hydrogen (secondary N) is 2. The summed E-state index contributed by atoms with van der Waals surface area (Å²) in [5.41, 5.74) is 2.97. The molecule has 1 aromatic heterocycles. The van der Waals surface area contributed by atoms with Gasteiger partial charge in [-0.2, -0.15) is 0 Å². The topological polar surface area (TPSA) is 117 Å². The van der Waals surface area contributed by atoms with E-state index in [2.05, 4.69) is 15.3 Å². The average Bonchev–Trinajstić information content (AvgIpc) is 2.74. The van der Waals surface area contributed by atoms with Gasteiger partial charge in [0.15, 0.2) is 0 Å². The molecule has 1 aliphatic rings. The van der Waals surface area contributed by atoms with Crippen molar-refractivity contribution in [3.8, 4) is 0 Å². The summed E-state index contributed by atoms with van der Waals surface area (Å²) in [5, 5.41) is 13.1. The number of aromatic nitrogens is 2. The molecule has 1 atom stereocenters. The first-order valence-electron chi connectivity index (χ1n) is 8.82. The molecule has 0 aliphatic carbocycles. The summed E-state index contributed by atoms with van der Waals surface area (Å²) in [6, 6.07) is 9.66. The normalized spacial score (nSPS) is 17.0. The van der Waals surface area contributed by atoms with Crippen molar-refractivity contribution in [2.75, 3.05) is 11.9 Å². The number of anilines is 1. The summed E-state index contributed by atoms with van der Waals surface area (Å²) in [6.07, 6.45) is 6.68. The molecule has 1 fully saturated rings. The third kappa shape index (κ3) is 5.60. The molecule has 9 heteroatoms. The molecule has 3 rings (SSSR count). The van der Waals surface area contributed by atoms with Crippen LogP contribution in [0.3, 0.4) is 0 Å². The summed E-state index contributed by atoms with van der Waals surface area (Å²) in [6.45, 7) is 0.743. The first-order valence-corrected chi connectivity index (χ1v) is 8.82. The van der Waals surface area contributed by atoms with Gasteiger partial charge in [0.1, 0.15) is 12.4 Å². The Hall–Kier alpha value is -3.30. The fraction of sp³-hybridized carbons (Fsp3) is 0.263. The molecular formula is C19H21N5O4. The number of piperidine rings is 1. The molecule has 2 aromatic rings. The van der Waals surface area contributed by atoms with Gasteiger partial charge in [0.25, 0.3) is 5.91 Å². The number of hydrogen-bond acceptors (Lipinski definition) is 7. The standard InChI is InChI=1S/C19H21N5O4/c25-18(23-27)8-6-15-10-21-17(11-20-15)22-16-7-9-19(26)24(12-16)28-13-14-4-2-1-3-5-14/h1-6,8,10-11,16,27H,7,9,12-13H2,(H,21,22)(H,23,25)/b8-6+/t16-/m1/s1. The van der Waals surface area contributed by atoms with Gasteiger partial charge in [0, 0.05) is 18.5 Å². The number of hydroxylamine groups is 3. The minimum Gasteiger partial charge on any atom is -0.364 e. The lowest BCUT2D eigenvalue weighted by Crippen LogP contribution is -2.45. The Morgan fingerprint density at radius 1 is 1.29 bits per heavy atom. The second-order valence-electron chi connectivity index (χ2n) is 6.23. The highest BCUT2D eigenvalue weighted by Crippen LogP contribution is 2.17. The Bertz CT molecular complexity index is 826. The van der Waals surface area contributed by atoms with Crippen molar-refractivity contribution in [2.45, 2.75) is 25.5 Å². The molecule has 0 saturated carbocycles. The minimum atomic E-state index is -0.647. The van der Waals surface area contributed by atoms with Crippen molar-refractivity contribution in [3.63, 3.8) is 0 Å². The first-order chi connectivity index (χ1) is 13.6. The largest absolute Gasteiger partial charge is 0.364 e. The second-order valence-corrected chi connectivity index (χ2v) is 6.23. The fourth-order valence-electron chi connectivity index (χ4n) is 2.69. The van der Waals surface area contributed by atoms with Gasteiger partial charge in [-0.05, 0) is 18.1 Å². The van der Waals surface area contributed by atoms with E-state index in [1.807, 2.05) is 30.3 Å². The van der Waals surface area contributed by atoms with Crippen LogP contribution in [0.5, 0.6) is 0 Å². The van der Waals surface area contributed by atoms with Gasteiger partial charge in [-0.15, -0.1) is 0 Å². The highest BCUT2D eigenvalue weighted by atomic mass is 16.7. The molecule has 0 radical (unpaired) electrons. The van der Waals surface area contributed by atoms with Gasteiger partial charge in [0.05, 0.1) is 24.6 Å². The van der Waals surface area contributed by atoms with Crippen LogP contribution in [0.15, 0.2) is 48.8 Å². The molecule has 146 valence electrons. The van der Waals surface area contributed by atoms with E-state index >= 15 is 0 Å². The molecule has 1 aromatic carbocycles. The van der Waals surface area contributed by atoms with Gasteiger partial charge < -0.3 is 5.32 Å². The predicted molar refractivity (Wildman–Crippen MR) is 101 cm³/mol. The van der Waals surface area contributed by atoms with Crippen LogP contribution >= 0.6 is 0 Å². The molecule has 1 saturated heterocycles. The quantitative estimate of drug-likeness (QED) is 0.377. The summed E-state index contributed by atoms with van der Waals surface area (Å²) >= 11 is 0. The fourth-order valence-corrected chi connectivity index (χ4v) is 2.69. The molecule has 28 heavy (non-hydrogen) atoms. The number of amides is 2. The van der Waals surface area contributed by atoms with Gasteiger partial charge in [0.2, 0.25) is 5.91 Å². The van der Waals surface area contributed by atoms with Crippen molar-refractivity contribution in [3.05, 3.63) is 60.1 Å². The Morgan fingerprint density at radius 2 is 2.11 bits per heavy atom. The highest BCUT2D eigenvalue weighted by molar-refractivity contribution is 5.90. The van der Waals surface area contributed by atoms with Gasteiger partial charge in [-0.3, -0.25) is 24.6 Å². The third-order valence-corrected chi connectivity index (χ3v) is 4.14. The third-order valence-electron chi connectivity index (χ3n) is 4.14. The van der Waals surface area contributed by atoms with E-state index in [1.54, 1.807) is 6.20 Å².